The van der Waals surface area contributed by atoms with Crippen LogP contribution in [-0.4, -0.2) is 34.2 Å². The van der Waals surface area contributed by atoms with Crippen LogP contribution < -0.4 is 0 Å². The molecule has 2 rings (SSSR count). The molecule has 4 heteroatoms. The molecule has 42 heavy (non-hydrogen) atoms. The molecule has 0 aromatic carbocycles. The Hall–Kier alpha value is 0.354. The monoisotopic (exact) mass is 627 g/mol. The number of hydrogen-bond acceptors (Lipinski definition) is 2. The van der Waals surface area contributed by atoms with Gasteiger partial charge in [0.15, 0.2) is 8.32 Å². The Kier molecular flexibility index (Phi) is 19.9. The Morgan fingerprint density at radius 3 is 1.67 bits per heavy atom. The maximum Gasteiger partial charge on any atom is 0.184 e. The van der Waals surface area contributed by atoms with Gasteiger partial charge in [0.05, 0.1) is 17.8 Å². The van der Waals surface area contributed by atoms with Crippen LogP contribution in [0, 0.1) is 29.1 Å². The molecule has 0 aromatic heterocycles. The fraction of sp³-hybridized carbons (Fsp3) is 1.00. The number of hydrogen-bond donors (Lipinski definition) is 0. The van der Waals surface area contributed by atoms with E-state index >= 15 is 0 Å². The van der Waals surface area contributed by atoms with Gasteiger partial charge in [-0.1, -0.05) is 127 Å². The second kappa shape index (κ2) is 19.8. The lowest BCUT2D eigenvalue weighted by molar-refractivity contribution is 0.0109. The molecule has 1 aliphatic carbocycles. The number of fused-ring (bicyclic) bond motifs is 1. The predicted molar refractivity (Wildman–Crippen MR) is 197 cm³/mol. The highest BCUT2D eigenvalue weighted by Crippen LogP contribution is 2.47. The molecule has 0 radical (unpaired) electrons. The molecule has 254 valence electrons. The van der Waals surface area contributed by atoms with Crippen LogP contribution in [0.2, 0.25) is 45.3 Å². The molecule has 1 saturated carbocycles. The summed E-state index contributed by atoms with van der Waals surface area (Å²) in [6.45, 7) is 38.2. The molecule has 0 amide bonds. The maximum absolute atomic E-state index is 7.03. The van der Waals surface area contributed by atoms with Crippen LogP contribution in [0.15, 0.2) is 0 Å². The van der Waals surface area contributed by atoms with E-state index in [0.717, 1.165) is 23.7 Å². The van der Waals surface area contributed by atoms with Crippen LogP contribution in [0.4, 0.5) is 0 Å². The molecule has 6 unspecified atom stereocenters. The van der Waals surface area contributed by atoms with Gasteiger partial charge in [0, 0.05) is 8.07 Å². The van der Waals surface area contributed by atoms with Gasteiger partial charge in [-0.05, 0) is 101 Å². The smallest absolute Gasteiger partial charge is 0.184 e. The lowest BCUT2D eigenvalue weighted by Crippen LogP contribution is -2.46. The molecule has 1 heterocycles. The largest absolute Gasteiger partial charge is 0.412 e. The summed E-state index contributed by atoms with van der Waals surface area (Å²) in [7, 11) is -2.77. The molecule has 0 bridgehead atoms. The standard InChI is InChI=1S/C26H54O2Si2.2C6H14/c1-11-12-21(2)18-25(3,20-29(5,6)7)19-26(4,28-30(8,9)10)16-15-22-13-14-23-24(17-22)27-23;2*1-4-6(3)5-2/h21-24H,11-20H2,1-10H3;2*6H,4-5H2,1-3H3. The van der Waals surface area contributed by atoms with Crippen LogP contribution >= 0.6 is 0 Å². The third kappa shape index (κ3) is 20.4. The van der Waals surface area contributed by atoms with Crippen LogP contribution in [0.3, 0.4) is 0 Å². The average Bonchev–Trinajstić information content (AvgIpc) is 3.63. The first-order valence-electron chi connectivity index (χ1n) is 18.6. The summed E-state index contributed by atoms with van der Waals surface area (Å²) in [5, 5.41) is 0. The molecule has 0 aromatic rings. The fourth-order valence-corrected chi connectivity index (χ4v) is 12.1. The summed E-state index contributed by atoms with van der Waals surface area (Å²) in [6, 6.07) is 1.42. The van der Waals surface area contributed by atoms with E-state index in [0.29, 0.717) is 17.6 Å². The zero-order valence-corrected chi connectivity index (χ0v) is 34.2. The summed E-state index contributed by atoms with van der Waals surface area (Å²) in [5.74, 6) is 3.53. The second-order valence-electron chi connectivity index (χ2n) is 17.8. The summed E-state index contributed by atoms with van der Waals surface area (Å²) in [6.07, 6.45) is 18.3. The van der Waals surface area contributed by atoms with E-state index in [1.54, 1.807) is 0 Å². The van der Waals surface area contributed by atoms with Gasteiger partial charge in [-0.3, -0.25) is 0 Å². The zero-order chi connectivity index (χ0) is 32.8. The van der Waals surface area contributed by atoms with Crippen molar-refractivity contribution in [3.8, 4) is 0 Å². The molecule has 1 aliphatic heterocycles. The first-order chi connectivity index (χ1) is 19.2. The number of epoxide rings is 1. The van der Waals surface area contributed by atoms with Crippen molar-refractivity contribution in [1.82, 2.24) is 0 Å². The minimum absolute atomic E-state index is 0.0199. The Labute approximate surface area is 269 Å². The Morgan fingerprint density at radius 1 is 0.762 bits per heavy atom. The highest BCUT2D eigenvalue weighted by atomic mass is 28.4. The highest BCUT2D eigenvalue weighted by molar-refractivity contribution is 6.76. The lowest BCUT2D eigenvalue weighted by Gasteiger charge is -2.46. The van der Waals surface area contributed by atoms with Gasteiger partial charge in [0.25, 0.3) is 0 Å². The van der Waals surface area contributed by atoms with Gasteiger partial charge in [-0.15, -0.1) is 0 Å². The summed E-state index contributed by atoms with van der Waals surface area (Å²) < 4.78 is 12.8. The predicted octanol–water partition coefficient (Wildman–Crippen LogP) is 13.4. The van der Waals surface area contributed by atoms with Gasteiger partial charge in [-0.25, -0.2) is 0 Å². The molecular formula is C38H82O2Si2. The maximum atomic E-state index is 7.03. The van der Waals surface area contributed by atoms with Crippen molar-refractivity contribution in [3.63, 3.8) is 0 Å². The van der Waals surface area contributed by atoms with Gasteiger partial charge in [0.2, 0.25) is 0 Å². The van der Waals surface area contributed by atoms with Crippen molar-refractivity contribution in [2.45, 2.75) is 216 Å². The van der Waals surface area contributed by atoms with Crippen molar-refractivity contribution in [2.75, 3.05) is 0 Å². The third-order valence-corrected chi connectivity index (χ3v) is 12.9. The van der Waals surface area contributed by atoms with E-state index in [2.05, 4.69) is 109 Å². The van der Waals surface area contributed by atoms with E-state index in [1.807, 2.05) is 0 Å². The van der Waals surface area contributed by atoms with Crippen molar-refractivity contribution >= 4 is 16.4 Å². The van der Waals surface area contributed by atoms with Crippen LogP contribution in [0.1, 0.15) is 153 Å². The van der Waals surface area contributed by atoms with Crippen LogP contribution in [0.5, 0.6) is 0 Å². The minimum Gasteiger partial charge on any atom is -0.412 e. The van der Waals surface area contributed by atoms with Gasteiger partial charge in [0.1, 0.15) is 0 Å². The molecule has 0 spiro atoms. The van der Waals surface area contributed by atoms with Crippen molar-refractivity contribution in [1.29, 1.82) is 0 Å². The molecule has 2 nitrogen and oxygen atoms in total. The van der Waals surface area contributed by atoms with Crippen LogP contribution in [-0.2, 0) is 9.16 Å². The molecule has 1 saturated heterocycles. The van der Waals surface area contributed by atoms with E-state index in [-0.39, 0.29) is 5.60 Å². The van der Waals surface area contributed by atoms with E-state index in [9.17, 15) is 0 Å². The number of rotatable bonds is 17. The minimum atomic E-state index is -1.61. The fourth-order valence-electron chi connectivity index (χ4n) is 7.58. The first kappa shape index (κ1) is 42.4. The van der Waals surface area contributed by atoms with Crippen LogP contribution in [0.25, 0.3) is 0 Å². The summed E-state index contributed by atoms with van der Waals surface area (Å²) in [5.41, 5.74) is 0.413. The van der Waals surface area contributed by atoms with Crippen molar-refractivity contribution < 1.29 is 9.16 Å². The summed E-state index contributed by atoms with van der Waals surface area (Å²) >= 11 is 0. The Morgan fingerprint density at radius 2 is 1.29 bits per heavy atom. The number of ether oxygens (including phenoxy) is 1. The van der Waals surface area contributed by atoms with E-state index in [4.69, 9.17) is 9.16 Å². The normalized spacial score (nSPS) is 24.0. The second-order valence-corrected chi connectivity index (χ2v) is 27.7. The summed E-state index contributed by atoms with van der Waals surface area (Å²) in [4.78, 5) is 0. The van der Waals surface area contributed by atoms with Crippen molar-refractivity contribution in [2.24, 2.45) is 29.1 Å². The molecular weight excluding hydrogens is 545 g/mol. The Bertz CT molecular complexity index is 666. The highest BCUT2D eigenvalue weighted by Gasteiger charge is 2.45. The first-order valence-corrected chi connectivity index (χ1v) is 25.7. The van der Waals surface area contributed by atoms with Crippen molar-refractivity contribution in [3.05, 3.63) is 0 Å². The van der Waals surface area contributed by atoms with Gasteiger partial charge < -0.3 is 9.16 Å². The van der Waals surface area contributed by atoms with Gasteiger partial charge in [-0.2, -0.15) is 0 Å². The third-order valence-electron chi connectivity index (χ3n) is 9.91. The zero-order valence-electron chi connectivity index (χ0n) is 32.2. The Balaban J connectivity index is 0.00000117. The molecule has 6 atom stereocenters. The average molecular weight is 627 g/mol. The lowest BCUT2D eigenvalue weighted by atomic mass is 9.72. The molecule has 2 fully saturated rings. The molecule has 0 N–H and O–H groups in total. The topological polar surface area (TPSA) is 21.8 Å². The SMILES string of the molecule is CCC(C)CC.CCC(C)CC.CCCC(C)CC(C)(CC(C)(CCC1CCC2OC2C1)O[Si](C)(C)C)C[Si](C)(C)C. The molecule has 2 aliphatic rings. The van der Waals surface area contributed by atoms with E-state index in [1.165, 1.54) is 89.5 Å². The van der Waals surface area contributed by atoms with Gasteiger partial charge >= 0.3 is 0 Å². The quantitative estimate of drug-likeness (QED) is 0.118. The van der Waals surface area contributed by atoms with E-state index < -0.39 is 16.4 Å².